The molecule has 0 spiro atoms. The lowest BCUT2D eigenvalue weighted by Crippen LogP contribution is -2.52. The van der Waals surface area contributed by atoms with Crippen molar-refractivity contribution in [1.29, 1.82) is 0 Å². The van der Waals surface area contributed by atoms with Gasteiger partial charge < -0.3 is 15.0 Å². The van der Waals surface area contributed by atoms with E-state index in [1.54, 1.807) is 74.5 Å². The average molecular weight is 607 g/mol. The summed E-state index contributed by atoms with van der Waals surface area (Å²) in [5.41, 5.74) is 0.725. The van der Waals surface area contributed by atoms with Crippen LogP contribution in [0.15, 0.2) is 77.7 Å². The summed E-state index contributed by atoms with van der Waals surface area (Å²) in [6.07, 6.45) is 0.286. The number of rotatable bonds is 13. The molecule has 8 nitrogen and oxygen atoms in total. The van der Waals surface area contributed by atoms with Crippen molar-refractivity contribution in [1.82, 2.24) is 10.2 Å². The van der Waals surface area contributed by atoms with Gasteiger partial charge in [-0.15, -0.1) is 0 Å². The standard InChI is InChI=1S/C29H33Cl2N3O5S/c1-4-27(29(36)32-5-2)33(19-24-25(30)13-10-14-26(24)31)28(35)20-34(21-15-17-22(18-16-21)39-6-3)40(37,38)23-11-8-7-9-12-23/h7-18,27H,4-6,19-20H2,1-3H3,(H,32,36)/t27-/m1/s1. The molecule has 3 aromatic carbocycles. The van der Waals surface area contributed by atoms with Crippen LogP contribution in [0.4, 0.5) is 5.69 Å². The Morgan fingerprint density at radius 3 is 2.08 bits per heavy atom. The van der Waals surface area contributed by atoms with E-state index in [1.165, 1.54) is 17.0 Å². The number of sulfonamides is 1. The molecule has 0 aliphatic carbocycles. The predicted molar refractivity (Wildman–Crippen MR) is 158 cm³/mol. The van der Waals surface area contributed by atoms with Crippen LogP contribution in [-0.2, 0) is 26.2 Å². The van der Waals surface area contributed by atoms with E-state index in [2.05, 4.69) is 5.32 Å². The predicted octanol–water partition coefficient (Wildman–Crippen LogP) is 5.53. The maximum Gasteiger partial charge on any atom is 0.264 e. The quantitative estimate of drug-likeness (QED) is 0.276. The van der Waals surface area contributed by atoms with Gasteiger partial charge in [0.05, 0.1) is 17.2 Å². The number of ether oxygens (including phenoxy) is 1. The summed E-state index contributed by atoms with van der Waals surface area (Å²) in [6.45, 7) is 5.56. The van der Waals surface area contributed by atoms with Gasteiger partial charge >= 0.3 is 0 Å². The number of benzene rings is 3. The molecule has 2 amide bonds. The van der Waals surface area contributed by atoms with Crippen LogP contribution in [0.5, 0.6) is 5.75 Å². The second-order valence-corrected chi connectivity index (χ2v) is 11.5. The van der Waals surface area contributed by atoms with Gasteiger partial charge in [0.2, 0.25) is 11.8 Å². The number of carbonyl (C=O) groups is 2. The molecule has 0 aromatic heterocycles. The van der Waals surface area contributed by atoms with Crippen molar-refractivity contribution >= 4 is 50.7 Å². The van der Waals surface area contributed by atoms with E-state index in [9.17, 15) is 18.0 Å². The molecule has 1 atom stereocenters. The van der Waals surface area contributed by atoms with Crippen LogP contribution in [0.2, 0.25) is 10.0 Å². The number of hydrogen-bond donors (Lipinski definition) is 1. The van der Waals surface area contributed by atoms with Gasteiger partial charge in [0.15, 0.2) is 0 Å². The first kappa shape index (κ1) is 31.3. The minimum Gasteiger partial charge on any atom is -0.494 e. The number of nitrogens with zero attached hydrogens (tertiary/aromatic N) is 2. The monoisotopic (exact) mass is 605 g/mol. The van der Waals surface area contributed by atoms with Crippen molar-refractivity contribution in [3.05, 3.63) is 88.4 Å². The van der Waals surface area contributed by atoms with E-state index in [0.717, 1.165) is 4.31 Å². The second-order valence-electron chi connectivity index (χ2n) is 8.79. The van der Waals surface area contributed by atoms with E-state index in [4.69, 9.17) is 27.9 Å². The Balaban J connectivity index is 2.08. The number of nitrogens with one attached hydrogen (secondary N) is 1. The van der Waals surface area contributed by atoms with Gasteiger partial charge in [-0.2, -0.15) is 0 Å². The summed E-state index contributed by atoms with van der Waals surface area (Å²) >= 11 is 12.8. The first-order valence-electron chi connectivity index (χ1n) is 12.9. The Hall–Kier alpha value is -3.27. The van der Waals surface area contributed by atoms with Gasteiger partial charge in [-0.1, -0.05) is 54.4 Å². The lowest BCUT2D eigenvalue weighted by molar-refractivity contribution is -0.140. The summed E-state index contributed by atoms with van der Waals surface area (Å²) < 4.78 is 34.2. The molecule has 0 bridgehead atoms. The second kappa shape index (κ2) is 14.4. The first-order valence-corrected chi connectivity index (χ1v) is 15.1. The fraction of sp³-hybridized carbons (Fsp3) is 0.310. The molecule has 0 saturated carbocycles. The highest BCUT2D eigenvalue weighted by Crippen LogP contribution is 2.29. The molecule has 0 unspecified atom stereocenters. The normalized spacial score (nSPS) is 11.9. The molecule has 11 heteroatoms. The molecule has 40 heavy (non-hydrogen) atoms. The average Bonchev–Trinajstić information content (AvgIpc) is 2.94. The van der Waals surface area contributed by atoms with E-state index in [-0.39, 0.29) is 29.5 Å². The molecule has 0 aliphatic rings. The topological polar surface area (TPSA) is 96.0 Å². The largest absolute Gasteiger partial charge is 0.494 e. The van der Waals surface area contributed by atoms with E-state index >= 15 is 0 Å². The summed E-state index contributed by atoms with van der Waals surface area (Å²) in [6, 6.07) is 18.4. The van der Waals surface area contributed by atoms with Gasteiger partial charge in [0.1, 0.15) is 18.3 Å². The van der Waals surface area contributed by atoms with Gasteiger partial charge in [-0.25, -0.2) is 8.42 Å². The van der Waals surface area contributed by atoms with E-state index in [0.29, 0.717) is 34.5 Å². The molecule has 3 aromatic rings. The van der Waals surface area contributed by atoms with Crippen LogP contribution in [0, 0.1) is 0 Å². The maximum atomic E-state index is 14.0. The fourth-order valence-corrected chi connectivity index (χ4v) is 6.14. The Bertz CT molecular complexity index is 1380. The number of amides is 2. The van der Waals surface area contributed by atoms with Crippen molar-refractivity contribution < 1.29 is 22.7 Å². The first-order chi connectivity index (χ1) is 19.1. The molecule has 0 heterocycles. The van der Waals surface area contributed by atoms with Gasteiger partial charge in [0.25, 0.3) is 10.0 Å². The molecule has 0 aliphatic heterocycles. The highest BCUT2D eigenvalue weighted by molar-refractivity contribution is 7.92. The molecule has 0 radical (unpaired) electrons. The molecule has 0 fully saturated rings. The molecule has 0 saturated heterocycles. The molecular formula is C29H33Cl2N3O5S. The highest BCUT2D eigenvalue weighted by atomic mass is 35.5. The third-order valence-corrected chi connectivity index (χ3v) is 8.67. The van der Waals surface area contributed by atoms with Gasteiger partial charge in [-0.05, 0) is 68.8 Å². The van der Waals surface area contributed by atoms with E-state index < -0.39 is 28.5 Å². The summed E-state index contributed by atoms with van der Waals surface area (Å²) in [5.74, 6) is -0.394. The third-order valence-electron chi connectivity index (χ3n) is 6.17. The molecule has 214 valence electrons. The zero-order valence-electron chi connectivity index (χ0n) is 22.6. The minimum atomic E-state index is -4.17. The van der Waals surface area contributed by atoms with Crippen molar-refractivity contribution in [3.8, 4) is 5.75 Å². The summed E-state index contributed by atoms with van der Waals surface area (Å²) in [5, 5.41) is 3.42. The van der Waals surface area contributed by atoms with Crippen LogP contribution < -0.4 is 14.4 Å². The number of carbonyl (C=O) groups excluding carboxylic acids is 2. The number of hydrogen-bond acceptors (Lipinski definition) is 5. The van der Waals surface area contributed by atoms with Crippen LogP contribution in [0.1, 0.15) is 32.8 Å². The molecular weight excluding hydrogens is 573 g/mol. The number of anilines is 1. The van der Waals surface area contributed by atoms with Crippen LogP contribution >= 0.6 is 23.2 Å². The maximum absolute atomic E-state index is 14.0. The smallest absolute Gasteiger partial charge is 0.264 e. The minimum absolute atomic E-state index is 0.0214. The molecule has 3 rings (SSSR count). The zero-order valence-corrected chi connectivity index (χ0v) is 25.0. The Labute approximate surface area is 245 Å². The molecule has 1 N–H and O–H groups in total. The van der Waals surface area contributed by atoms with Crippen molar-refractivity contribution in [2.45, 2.75) is 44.7 Å². The van der Waals surface area contributed by atoms with Crippen LogP contribution in [0.25, 0.3) is 0 Å². The lowest BCUT2D eigenvalue weighted by Gasteiger charge is -2.33. The van der Waals surface area contributed by atoms with Crippen LogP contribution in [-0.4, -0.2) is 50.9 Å². The summed E-state index contributed by atoms with van der Waals surface area (Å²) in [4.78, 5) is 28.4. The highest BCUT2D eigenvalue weighted by Gasteiger charge is 2.34. The fourth-order valence-electron chi connectivity index (χ4n) is 4.19. The Morgan fingerprint density at radius 1 is 0.900 bits per heavy atom. The van der Waals surface area contributed by atoms with Gasteiger partial charge in [0, 0.05) is 28.7 Å². The van der Waals surface area contributed by atoms with Crippen molar-refractivity contribution in [2.24, 2.45) is 0 Å². The van der Waals surface area contributed by atoms with Crippen LogP contribution in [0.3, 0.4) is 0 Å². The van der Waals surface area contributed by atoms with Gasteiger partial charge in [-0.3, -0.25) is 13.9 Å². The van der Waals surface area contributed by atoms with Crippen molar-refractivity contribution in [2.75, 3.05) is 24.0 Å². The third kappa shape index (κ3) is 7.47. The Morgan fingerprint density at radius 2 is 1.52 bits per heavy atom. The Kier molecular flexibility index (Phi) is 11.2. The summed E-state index contributed by atoms with van der Waals surface area (Å²) in [7, 11) is -4.17. The van der Waals surface area contributed by atoms with Crippen molar-refractivity contribution in [3.63, 3.8) is 0 Å². The zero-order chi connectivity index (χ0) is 29.3. The number of likely N-dealkylation sites (N-methyl/N-ethyl adjacent to an activating group) is 1. The SMILES string of the molecule is CCNC(=O)[C@@H](CC)N(Cc1c(Cl)cccc1Cl)C(=O)CN(c1ccc(OCC)cc1)S(=O)(=O)c1ccccc1. The van der Waals surface area contributed by atoms with E-state index in [1.807, 2.05) is 6.92 Å². The lowest BCUT2D eigenvalue weighted by atomic mass is 10.1. The number of halogens is 2.